The Morgan fingerprint density at radius 2 is 2.47 bits per heavy atom. The summed E-state index contributed by atoms with van der Waals surface area (Å²) in [5, 5.41) is 13.8. The molecule has 1 aliphatic rings. The fourth-order valence-electron chi connectivity index (χ4n) is 1.84. The Morgan fingerprint density at radius 3 is 3.06 bits per heavy atom. The summed E-state index contributed by atoms with van der Waals surface area (Å²) in [5.41, 5.74) is 0.488. The summed E-state index contributed by atoms with van der Waals surface area (Å²) >= 11 is 0. The van der Waals surface area contributed by atoms with Gasteiger partial charge in [-0.2, -0.15) is 0 Å². The Morgan fingerprint density at radius 1 is 1.65 bits per heavy atom. The molecule has 1 saturated heterocycles. The third kappa shape index (κ3) is 2.91. The number of hydrogen-bond donors (Lipinski definition) is 1. The zero-order valence-corrected chi connectivity index (χ0v) is 9.68. The summed E-state index contributed by atoms with van der Waals surface area (Å²) in [7, 11) is 0. The molecule has 0 aliphatic carbocycles. The molecule has 17 heavy (non-hydrogen) atoms. The minimum atomic E-state index is -0.420. The van der Waals surface area contributed by atoms with Crippen molar-refractivity contribution in [2.45, 2.75) is 13.3 Å². The highest BCUT2D eigenvalue weighted by Gasteiger charge is 2.16. The van der Waals surface area contributed by atoms with Crippen LogP contribution in [0.2, 0.25) is 0 Å². The summed E-state index contributed by atoms with van der Waals surface area (Å²) < 4.78 is 5.27. The molecule has 92 valence electrons. The standard InChI is InChI=1S/C11H15N3O3/c1-8-10(14(15)16)2-3-11(13-8)12-6-9-4-5-17-7-9/h2-3,9H,4-7H2,1H3,(H,12,13). The molecule has 1 aliphatic heterocycles. The van der Waals surface area contributed by atoms with Crippen molar-refractivity contribution in [2.75, 3.05) is 25.1 Å². The van der Waals surface area contributed by atoms with Crippen molar-refractivity contribution < 1.29 is 9.66 Å². The van der Waals surface area contributed by atoms with Crippen molar-refractivity contribution in [2.24, 2.45) is 5.92 Å². The molecule has 1 N–H and O–H groups in total. The third-order valence-electron chi connectivity index (χ3n) is 2.85. The molecule has 0 spiro atoms. The van der Waals surface area contributed by atoms with Crippen molar-refractivity contribution in [1.82, 2.24) is 4.98 Å². The van der Waals surface area contributed by atoms with Crippen molar-refractivity contribution in [3.8, 4) is 0 Å². The quantitative estimate of drug-likeness (QED) is 0.637. The van der Waals surface area contributed by atoms with E-state index in [0.29, 0.717) is 17.4 Å². The van der Waals surface area contributed by atoms with E-state index in [9.17, 15) is 10.1 Å². The van der Waals surface area contributed by atoms with Gasteiger partial charge in [-0.15, -0.1) is 0 Å². The third-order valence-corrected chi connectivity index (χ3v) is 2.85. The Kier molecular flexibility index (Phi) is 3.53. The van der Waals surface area contributed by atoms with Crippen LogP contribution in [0.25, 0.3) is 0 Å². The van der Waals surface area contributed by atoms with Gasteiger partial charge in [0.1, 0.15) is 11.5 Å². The number of nitrogens with one attached hydrogen (secondary N) is 1. The van der Waals surface area contributed by atoms with E-state index in [1.807, 2.05) is 0 Å². The van der Waals surface area contributed by atoms with Crippen molar-refractivity contribution in [3.05, 3.63) is 27.9 Å². The van der Waals surface area contributed by atoms with E-state index in [2.05, 4.69) is 10.3 Å². The molecule has 2 rings (SSSR count). The molecule has 2 heterocycles. The SMILES string of the molecule is Cc1nc(NCC2CCOC2)ccc1[N+](=O)[O-]. The maximum Gasteiger partial charge on any atom is 0.290 e. The van der Waals surface area contributed by atoms with Gasteiger partial charge >= 0.3 is 0 Å². The van der Waals surface area contributed by atoms with Gasteiger partial charge in [-0.3, -0.25) is 10.1 Å². The summed E-state index contributed by atoms with van der Waals surface area (Å²) in [6, 6.07) is 3.12. The van der Waals surface area contributed by atoms with Crippen molar-refractivity contribution in [3.63, 3.8) is 0 Å². The minimum Gasteiger partial charge on any atom is -0.381 e. The predicted octanol–water partition coefficient (Wildman–Crippen LogP) is 1.75. The molecular weight excluding hydrogens is 222 g/mol. The van der Waals surface area contributed by atoms with Crippen LogP contribution in [-0.4, -0.2) is 29.7 Å². The van der Waals surface area contributed by atoms with Crippen LogP contribution in [0, 0.1) is 23.0 Å². The van der Waals surface area contributed by atoms with E-state index < -0.39 is 4.92 Å². The first-order valence-corrected chi connectivity index (χ1v) is 5.60. The van der Waals surface area contributed by atoms with Gasteiger partial charge in [0.2, 0.25) is 0 Å². The highest BCUT2D eigenvalue weighted by Crippen LogP contribution is 2.19. The van der Waals surface area contributed by atoms with Crippen LogP contribution in [0.5, 0.6) is 0 Å². The maximum atomic E-state index is 10.6. The summed E-state index contributed by atoms with van der Waals surface area (Å²) in [6.45, 7) is 4.03. The highest BCUT2D eigenvalue weighted by atomic mass is 16.6. The second-order valence-electron chi connectivity index (χ2n) is 4.17. The van der Waals surface area contributed by atoms with Gasteiger partial charge < -0.3 is 10.1 Å². The maximum absolute atomic E-state index is 10.6. The predicted molar refractivity (Wildman–Crippen MR) is 63.0 cm³/mol. The molecule has 1 aromatic rings. The number of hydrogen-bond acceptors (Lipinski definition) is 5. The highest BCUT2D eigenvalue weighted by molar-refractivity contribution is 5.44. The van der Waals surface area contributed by atoms with Crippen LogP contribution in [-0.2, 0) is 4.74 Å². The molecule has 6 nitrogen and oxygen atoms in total. The summed E-state index contributed by atoms with van der Waals surface area (Å²) in [4.78, 5) is 14.4. The Labute approximate surface area is 99.2 Å². The van der Waals surface area contributed by atoms with Gasteiger partial charge in [-0.25, -0.2) is 4.98 Å². The molecule has 1 fully saturated rings. The largest absolute Gasteiger partial charge is 0.381 e. The first kappa shape index (κ1) is 11.8. The van der Waals surface area contributed by atoms with Gasteiger partial charge in [0.25, 0.3) is 5.69 Å². The lowest BCUT2D eigenvalue weighted by atomic mass is 10.1. The number of anilines is 1. The minimum absolute atomic E-state index is 0.0553. The fraction of sp³-hybridized carbons (Fsp3) is 0.545. The Bertz CT molecular complexity index is 416. The van der Waals surface area contributed by atoms with Crippen LogP contribution in [0.3, 0.4) is 0 Å². The van der Waals surface area contributed by atoms with Crippen LogP contribution in [0.1, 0.15) is 12.1 Å². The number of pyridine rings is 1. The van der Waals surface area contributed by atoms with E-state index >= 15 is 0 Å². The second-order valence-corrected chi connectivity index (χ2v) is 4.17. The zero-order valence-electron chi connectivity index (χ0n) is 9.68. The van der Waals surface area contributed by atoms with E-state index in [-0.39, 0.29) is 5.69 Å². The Hall–Kier alpha value is -1.69. The fourth-order valence-corrected chi connectivity index (χ4v) is 1.84. The Balaban J connectivity index is 1.97. The number of nitro groups is 1. The molecule has 1 atom stereocenters. The first-order chi connectivity index (χ1) is 8.16. The number of ether oxygens (including phenoxy) is 1. The van der Waals surface area contributed by atoms with Gasteiger partial charge in [-0.05, 0) is 19.4 Å². The molecule has 0 aromatic carbocycles. The molecule has 6 heteroatoms. The molecular formula is C11H15N3O3. The van der Waals surface area contributed by atoms with Crippen LogP contribution in [0.15, 0.2) is 12.1 Å². The van der Waals surface area contributed by atoms with Gasteiger partial charge in [0.15, 0.2) is 0 Å². The number of aryl methyl sites for hydroxylation is 1. The van der Waals surface area contributed by atoms with Gasteiger partial charge in [-0.1, -0.05) is 0 Å². The molecule has 0 saturated carbocycles. The zero-order chi connectivity index (χ0) is 12.3. The second kappa shape index (κ2) is 5.09. The van der Waals surface area contributed by atoms with Gasteiger partial charge in [0, 0.05) is 25.1 Å². The van der Waals surface area contributed by atoms with E-state index in [1.165, 1.54) is 6.07 Å². The topological polar surface area (TPSA) is 77.3 Å². The first-order valence-electron chi connectivity index (χ1n) is 5.60. The van der Waals surface area contributed by atoms with Gasteiger partial charge in [0.05, 0.1) is 11.5 Å². The van der Waals surface area contributed by atoms with Crippen LogP contribution >= 0.6 is 0 Å². The number of rotatable bonds is 4. The molecule has 1 aromatic heterocycles. The van der Waals surface area contributed by atoms with Crippen LogP contribution in [0.4, 0.5) is 11.5 Å². The molecule has 1 unspecified atom stereocenters. The number of nitrogens with zero attached hydrogens (tertiary/aromatic N) is 2. The lowest BCUT2D eigenvalue weighted by Crippen LogP contribution is -2.15. The monoisotopic (exact) mass is 237 g/mol. The normalized spacial score (nSPS) is 19.2. The molecule has 0 amide bonds. The average molecular weight is 237 g/mol. The summed E-state index contributed by atoms with van der Waals surface area (Å²) in [6.07, 6.45) is 1.05. The van der Waals surface area contributed by atoms with E-state index in [0.717, 1.165) is 26.2 Å². The average Bonchev–Trinajstić information content (AvgIpc) is 2.78. The van der Waals surface area contributed by atoms with E-state index in [4.69, 9.17) is 4.74 Å². The smallest absolute Gasteiger partial charge is 0.290 e. The lowest BCUT2D eigenvalue weighted by molar-refractivity contribution is -0.385. The molecule has 0 bridgehead atoms. The van der Waals surface area contributed by atoms with Crippen molar-refractivity contribution in [1.29, 1.82) is 0 Å². The lowest BCUT2D eigenvalue weighted by Gasteiger charge is -2.10. The van der Waals surface area contributed by atoms with E-state index in [1.54, 1.807) is 13.0 Å². The molecule has 0 radical (unpaired) electrons. The van der Waals surface area contributed by atoms with Crippen molar-refractivity contribution >= 4 is 11.5 Å². The number of aromatic nitrogens is 1. The van der Waals surface area contributed by atoms with Crippen LogP contribution < -0.4 is 5.32 Å². The summed E-state index contributed by atoms with van der Waals surface area (Å²) in [5.74, 6) is 1.19.